The molecule has 0 radical (unpaired) electrons. The zero-order chi connectivity index (χ0) is 15.6. The lowest BCUT2D eigenvalue weighted by molar-refractivity contribution is 0.894. The van der Waals surface area contributed by atoms with Crippen molar-refractivity contribution in [2.45, 2.75) is 5.16 Å². The molecular weight excluding hydrogens is 304 g/mol. The normalized spacial score (nSPS) is 11.0. The molecule has 0 amide bonds. The predicted octanol–water partition coefficient (Wildman–Crippen LogP) is 4.20. The van der Waals surface area contributed by atoms with Crippen LogP contribution in [0.3, 0.4) is 0 Å². The van der Waals surface area contributed by atoms with Gasteiger partial charge in [0.2, 0.25) is 0 Å². The molecule has 23 heavy (non-hydrogen) atoms. The van der Waals surface area contributed by atoms with Crippen molar-refractivity contribution in [1.82, 2.24) is 19.5 Å². The maximum atomic E-state index is 4.56. The van der Waals surface area contributed by atoms with Crippen LogP contribution < -0.4 is 0 Å². The lowest BCUT2D eigenvalue weighted by atomic mass is 10.1. The summed E-state index contributed by atoms with van der Waals surface area (Å²) in [6.45, 7) is 0. The van der Waals surface area contributed by atoms with E-state index in [1.807, 2.05) is 35.2 Å². The number of benzene rings is 2. The van der Waals surface area contributed by atoms with Crippen molar-refractivity contribution in [3.63, 3.8) is 0 Å². The molecule has 4 rings (SSSR count). The van der Waals surface area contributed by atoms with Crippen LogP contribution in [0.15, 0.2) is 72.3 Å². The fourth-order valence-corrected chi connectivity index (χ4v) is 2.95. The second-order valence-electron chi connectivity index (χ2n) is 5.08. The van der Waals surface area contributed by atoms with Gasteiger partial charge in [-0.05, 0) is 29.2 Å². The second-order valence-corrected chi connectivity index (χ2v) is 5.86. The van der Waals surface area contributed by atoms with Gasteiger partial charge in [-0.2, -0.15) is 0 Å². The third-order valence-electron chi connectivity index (χ3n) is 3.70. The van der Waals surface area contributed by atoms with Crippen LogP contribution in [-0.2, 0) is 0 Å². The second kappa shape index (κ2) is 5.85. The molecule has 0 aliphatic rings. The summed E-state index contributed by atoms with van der Waals surface area (Å²) in [5.74, 6) is 1.70. The van der Waals surface area contributed by atoms with E-state index in [1.165, 1.54) is 22.5 Å². The van der Waals surface area contributed by atoms with Gasteiger partial charge in [0.15, 0.2) is 5.16 Å². The fraction of sp³-hybridized carbons (Fsp3) is 0.0556. The highest BCUT2D eigenvalue weighted by Crippen LogP contribution is 2.25. The van der Waals surface area contributed by atoms with Crippen LogP contribution in [0.25, 0.3) is 28.0 Å². The molecule has 0 aliphatic heterocycles. The molecule has 5 heteroatoms. The van der Waals surface area contributed by atoms with E-state index < -0.39 is 0 Å². The molecule has 0 atom stereocenters. The number of hydrogen-bond donors (Lipinski definition) is 0. The molecule has 2 aromatic heterocycles. The lowest BCUT2D eigenvalue weighted by Crippen LogP contribution is -2.00. The molecule has 0 saturated carbocycles. The van der Waals surface area contributed by atoms with Gasteiger partial charge in [0, 0.05) is 24.2 Å². The molecule has 4 nitrogen and oxygen atoms in total. The number of rotatable bonds is 3. The van der Waals surface area contributed by atoms with Gasteiger partial charge in [-0.15, -0.1) is 0 Å². The quantitative estimate of drug-likeness (QED) is 0.419. The van der Waals surface area contributed by atoms with E-state index in [2.05, 4.69) is 45.3 Å². The van der Waals surface area contributed by atoms with E-state index in [-0.39, 0.29) is 0 Å². The third-order valence-corrected chi connectivity index (χ3v) is 4.26. The molecule has 0 N–H and O–H groups in total. The van der Waals surface area contributed by atoms with Gasteiger partial charge >= 0.3 is 0 Å². The van der Waals surface area contributed by atoms with Crippen LogP contribution in [0.5, 0.6) is 0 Å². The Balaban J connectivity index is 1.84. The topological polar surface area (TPSA) is 43.6 Å². The Kier molecular flexibility index (Phi) is 3.55. The zero-order valence-corrected chi connectivity index (χ0v) is 13.4. The lowest BCUT2D eigenvalue weighted by Gasteiger charge is -2.08. The Hall–Kier alpha value is -2.66. The van der Waals surface area contributed by atoms with Crippen LogP contribution >= 0.6 is 11.8 Å². The average Bonchev–Trinajstić information content (AvgIpc) is 3.11. The van der Waals surface area contributed by atoms with Crippen LogP contribution in [0.4, 0.5) is 0 Å². The third kappa shape index (κ3) is 2.59. The molecule has 2 heterocycles. The first-order valence-electron chi connectivity index (χ1n) is 7.25. The Labute approximate surface area is 138 Å². The molecular formula is C18H14N4S. The molecule has 0 aliphatic carbocycles. The van der Waals surface area contributed by atoms with Crippen molar-refractivity contribution in [3.05, 3.63) is 67.1 Å². The van der Waals surface area contributed by atoms with Gasteiger partial charge in [0.1, 0.15) is 11.6 Å². The minimum absolute atomic E-state index is 0.751. The van der Waals surface area contributed by atoms with Crippen molar-refractivity contribution < 1.29 is 0 Å². The standard InChI is InChI=1S/C18H14N4S/c1-23-18-20-9-8-16(21-18)22-11-10-19-17(22)15-7-6-13-4-2-3-5-14(13)12-15/h2-12H,1H3. The summed E-state index contributed by atoms with van der Waals surface area (Å²) < 4.78 is 1.99. The molecule has 0 saturated heterocycles. The van der Waals surface area contributed by atoms with Gasteiger partial charge in [0.05, 0.1) is 0 Å². The van der Waals surface area contributed by atoms with Crippen molar-refractivity contribution in [1.29, 1.82) is 0 Å². The minimum Gasteiger partial charge on any atom is -0.284 e. The molecule has 0 bridgehead atoms. The summed E-state index contributed by atoms with van der Waals surface area (Å²) in [5, 5.41) is 3.17. The summed E-state index contributed by atoms with van der Waals surface area (Å²) in [5.41, 5.74) is 1.07. The van der Waals surface area contributed by atoms with Crippen molar-refractivity contribution >= 4 is 22.5 Å². The van der Waals surface area contributed by atoms with Gasteiger partial charge in [-0.3, -0.25) is 4.57 Å². The van der Waals surface area contributed by atoms with E-state index in [0.29, 0.717) is 0 Å². The number of fused-ring (bicyclic) bond motifs is 1. The Morgan fingerprint density at radius 3 is 2.65 bits per heavy atom. The summed E-state index contributed by atoms with van der Waals surface area (Å²) >= 11 is 1.53. The smallest absolute Gasteiger partial charge is 0.189 e. The van der Waals surface area contributed by atoms with Gasteiger partial charge in [-0.25, -0.2) is 15.0 Å². The predicted molar refractivity (Wildman–Crippen MR) is 93.9 cm³/mol. The van der Waals surface area contributed by atoms with Crippen LogP contribution in [0, 0.1) is 0 Å². The highest BCUT2D eigenvalue weighted by atomic mass is 32.2. The summed E-state index contributed by atoms with van der Waals surface area (Å²) in [7, 11) is 0. The van der Waals surface area contributed by atoms with Crippen molar-refractivity contribution in [2.24, 2.45) is 0 Å². The highest BCUT2D eigenvalue weighted by Gasteiger charge is 2.10. The maximum absolute atomic E-state index is 4.56. The first-order valence-corrected chi connectivity index (χ1v) is 8.47. The van der Waals surface area contributed by atoms with Crippen LogP contribution in [-0.4, -0.2) is 25.8 Å². The molecule has 2 aromatic carbocycles. The number of aromatic nitrogens is 4. The van der Waals surface area contributed by atoms with Crippen molar-refractivity contribution in [2.75, 3.05) is 6.26 Å². The number of nitrogens with zero attached hydrogens (tertiary/aromatic N) is 4. The van der Waals surface area contributed by atoms with E-state index >= 15 is 0 Å². The SMILES string of the molecule is CSc1nccc(-n2ccnc2-c2ccc3ccccc3c2)n1. The zero-order valence-electron chi connectivity index (χ0n) is 12.5. The summed E-state index contributed by atoms with van der Waals surface area (Å²) in [6.07, 6.45) is 7.47. The average molecular weight is 318 g/mol. The molecule has 0 unspecified atom stereocenters. The van der Waals surface area contributed by atoms with E-state index in [0.717, 1.165) is 22.4 Å². The molecule has 4 aromatic rings. The maximum Gasteiger partial charge on any atom is 0.189 e. The molecule has 112 valence electrons. The largest absolute Gasteiger partial charge is 0.284 e. The van der Waals surface area contributed by atoms with E-state index in [9.17, 15) is 0 Å². The van der Waals surface area contributed by atoms with E-state index in [1.54, 1.807) is 12.4 Å². The Bertz CT molecular complexity index is 977. The summed E-state index contributed by atoms with van der Waals surface area (Å²) in [4.78, 5) is 13.3. The van der Waals surface area contributed by atoms with Crippen LogP contribution in [0.1, 0.15) is 0 Å². The fourth-order valence-electron chi connectivity index (χ4n) is 2.59. The summed E-state index contributed by atoms with van der Waals surface area (Å²) in [6, 6.07) is 16.6. The first kappa shape index (κ1) is 14.0. The monoisotopic (exact) mass is 318 g/mol. The number of thioether (sulfide) groups is 1. The number of imidazole rings is 1. The highest BCUT2D eigenvalue weighted by molar-refractivity contribution is 7.98. The minimum atomic E-state index is 0.751. The van der Waals surface area contributed by atoms with Crippen molar-refractivity contribution in [3.8, 4) is 17.2 Å². The molecule has 0 spiro atoms. The van der Waals surface area contributed by atoms with Gasteiger partial charge in [-0.1, -0.05) is 48.2 Å². The first-order chi connectivity index (χ1) is 11.3. The Morgan fingerprint density at radius 2 is 1.78 bits per heavy atom. The molecule has 0 fully saturated rings. The van der Waals surface area contributed by atoms with Gasteiger partial charge < -0.3 is 0 Å². The van der Waals surface area contributed by atoms with Crippen LogP contribution in [0.2, 0.25) is 0 Å². The van der Waals surface area contributed by atoms with E-state index in [4.69, 9.17) is 0 Å². The number of hydrogen-bond acceptors (Lipinski definition) is 4. The Morgan fingerprint density at radius 1 is 0.913 bits per heavy atom. The van der Waals surface area contributed by atoms with Gasteiger partial charge in [0.25, 0.3) is 0 Å².